The number of amides is 1. The third-order valence-electron chi connectivity index (χ3n) is 5.55. The summed E-state index contributed by atoms with van der Waals surface area (Å²) >= 11 is 0. The van der Waals surface area contributed by atoms with Gasteiger partial charge in [0.1, 0.15) is 12.6 Å². The Balaban J connectivity index is 1.60. The van der Waals surface area contributed by atoms with Crippen LogP contribution in [0, 0.1) is 11.3 Å². The number of benzene rings is 3. The molecule has 6 heteroatoms. The van der Waals surface area contributed by atoms with E-state index in [1.54, 1.807) is 12.1 Å². The van der Waals surface area contributed by atoms with Gasteiger partial charge in [-0.05, 0) is 53.4 Å². The second-order valence-corrected chi connectivity index (χ2v) is 7.35. The molecule has 1 aliphatic rings. The molecule has 0 saturated heterocycles. The second-order valence-electron chi connectivity index (χ2n) is 7.35. The number of carboxylic acid groups (broad SMARTS) is 1. The van der Waals surface area contributed by atoms with Crippen molar-refractivity contribution in [3.8, 4) is 17.2 Å². The third kappa shape index (κ3) is 3.74. The number of anilines is 1. The Morgan fingerprint density at radius 2 is 1.55 bits per heavy atom. The second kappa shape index (κ2) is 8.33. The molecule has 1 N–H and O–H groups in total. The number of nitriles is 1. The van der Waals surface area contributed by atoms with Crippen LogP contribution >= 0.6 is 0 Å². The van der Waals surface area contributed by atoms with Gasteiger partial charge in [0.25, 0.3) is 0 Å². The molecule has 0 radical (unpaired) electrons. The summed E-state index contributed by atoms with van der Waals surface area (Å²) in [5, 5.41) is 18.5. The molecule has 31 heavy (non-hydrogen) atoms. The zero-order valence-electron chi connectivity index (χ0n) is 16.9. The van der Waals surface area contributed by atoms with E-state index in [-0.39, 0.29) is 12.5 Å². The lowest BCUT2D eigenvalue weighted by molar-refractivity contribution is -0.138. The van der Waals surface area contributed by atoms with Gasteiger partial charge in [0.05, 0.1) is 11.6 Å². The number of ether oxygens (including phenoxy) is 1. The molecule has 1 atom stereocenters. The molecule has 0 bridgehead atoms. The number of carboxylic acids is 1. The van der Waals surface area contributed by atoms with Crippen LogP contribution in [0.4, 0.5) is 10.5 Å². The van der Waals surface area contributed by atoms with Crippen LogP contribution in [0.1, 0.15) is 29.5 Å². The Morgan fingerprint density at radius 1 is 1.00 bits per heavy atom. The van der Waals surface area contributed by atoms with Gasteiger partial charge in [-0.25, -0.2) is 9.59 Å². The highest BCUT2D eigenvalue weighted by Crippen LogP contribution is 2.44. The van der Waals surface area contributed by atoms with Gasteiger partial charge in [0, 0.05) is 11.6 Å². The predicted molar refractivity (Wildman–Crippen MR) is 116 cm³/mol. The van der Waals surface area contributed by atoms with E-state index < -0.39 is 18.1 Å². The van der Waals surface area contributed by atoms with Crippen molar-refractivity contribution in [3.63, 3.8) is 0 Å². The molecule has 1 aliphatic carbocycles. The van der Waals surface area contributed by atoms with Crippen molar-refractivity contribution in [2.45, 2.75) is 18.9 Å². The first-order valence-corrected chi connectivity index (χ1v) is 9.88. The summed E-state index contributed by atoms with van der Waals surface area (Å²) in [4.78, 5) is 25.7. The van der Waals surface area contributed by atoms with Gasteiger partial charge in [-0.3, -0.25) is 4.90 Å². The van der Waals surface area contributed by atoms with Crippen molar-refractivity contribution in [1.82, 2.24) is 0 Å². The number of carbonyl (C=O) groups is 2. The van der Waals surface area contributed by atoms with Crippen LogP contribution in [-0.4, -0.2) is 29.8 Å². The molecule has 3 aromatic carbocycles. The van der Waals surface area contributed by atoms with Crippen LogP contribution in [0.15, 0.2) is 72.8 Å². The van der Waals surface area contributed by atoms with Crippen molar-refractivity contribution in [2.75, 3.05) is 11.5 Å². The smallest absolute Gasteiger partial charge is 0.415 e. The van der Waals surface area contributed by atoms with E-state index >= 15 is 0 Å². The largest absolute Gasteiger partial charge is 0.480 e. The lowest BCUT2D eigenvalue weighted by Crippen LogP contribution is -2.44. The normalized spacial score (nSPS) is 12.9. The lowest BCUT2D eigenvalue weighted by atomic mass is 9.98. The fraction of sp³-hybridized carbons (Fsp3) is 0.160. The number of nitrogens with zero attached hydrogens (tertiary/aromatic N) is 2. The molecular weight excluding hydrogens is 392 g/mol. The minimum absolute atomic E-state index is 0.0893. The number of fused-ring (bicyclic) bond motifs is 3. The molecule has 0 unspecified atom stereocenters. The molecular formula is C25H20N2O4. The van der Waals surface area contributed by atoms with Crippen LogP contribution in [0.2, 0.25) is 0 Å². The highest BCUT2D eigenvalue weighted by Gasteiger charge is 2.32. The summed E-state index contributed by atoms with van der Waals surface area (Å²) in [7, 11) is 0. The molecule has 3 aromatic rings. The number of hydrogen-bond acceptors (Lipinski definition) is 4. The highest BCUT2D eigenvalue weighted by atomic mass is 16.6. The molecule has 0 heterocycles. The average Bonchev–Trinajstić information content (AvgIpc) is 3.12. The van der Waals surface area contributed by atoms with Gasteiger partial charge in [0.15, 0.2) is 0 Å². The van der Waals surface area contributed by atoms with Crippen LogP contribution in [-0.2, 0) is 9.53 Å². The maximum absolute atomic E-state index is 13.0. The van der Waals surface area contributed by atoms with E-state index in [1.165, 1.54) is 19.1 Å². The Bertz CT molecular complexity index is 1140. The average molecular weight is 412 g/mol. The molecule has 0 fully saturated rings. The maximum Gasteiger partial charge on any atom is 0.415 e. The first-order valence-electron chi connectivity index (χ1n) is 9.88. The number of rotatable bonds is 5. The summed E-state index contributed by atoms with van der Waals surface area (Å²) in [6.07, 6.45) is -0.749. The van der Waals surface area contributed by atoms with Crippen LogP contribution in [0.5, 0.6) is 0 Å². The topological polar surface area (TPSA) is 90.6 Å². The van der Waals surface area contributed by atoms with Gasteiger partial charge in [-0.15, -0.1) is 0 Å². The van der Waals surface area contributed by atoms with Crippen LogP contribution in [0.25, 0.3) is 11.1 Å². The van der Waals surface area contributed by atoms with E-state index in [4.69, 9.17) is 10.00 Å². The summed E-state index contributed by atoms with van der Waals surface area (Å²) in [6.45, 7) is 1.51. The van der Waals surface area contributed by atoms with Gasteiger partial charge in [0.2, 0.25) is 0 Å². The highest BCUT2D eigenvalue weighted by molar-refractivity contribution is 5.95. The quantitative estimate of drug-likeness (QED) is 0.651. The number of aliphatic carboxylic acids is 1. The number of carbonyl (C=O) groups excluding carboxylic acids is 1. The van der Waals surface area contributed by atoms with Crippen molar-refractivity contribution in [1.29, 1.82) is 5.26 Å². The van der Waals surface area contributed by atoms with E-state index in [0.717, 1.165) is 27.2 Å². The fourth-order valence-corrected chi connectivity index (χ4v) is 3.96. The standard InChI is InChI=1S/C25H20N2O4/c1-16(24(28)29)27(18-12-10-17(14-26)11-13-18)25(30)31-15-23-21-8-4-2-6-19(21)20-7-3-5-9-22(20)23/h2-13,16,23H,15H2,1H3,(H,28,29)/t16-/m0/s1. The molecule has 0 saturated carbocycles. The lowest BCUT2D eigenvalue weighted by Gasteiger charge is -2.26. The molecule has 4 rings (SSSR count). The van der Waals surface area contributed by atoms with Crippen molar-refractivity contribution in [3.05, 3.63) is 89.5 Å². The first-order chi connectivity index (χ1) is 15.0. The Kier molecular flexibility index (Phi) is 5.42. The molecule has 0 aliphatic heterocycles. The summed E-state index contributed by atoms with van der Waals surface area (Å²) in [6, 6.07) is 23.0. The third-order valence-corrected chi connectivity index (χ3v) is 5.55. The maximum atomic E-state index is 13.0. The van der Waals surface area contributed by atoms with Gasteiger partial charge < -0.3 is 9.84 Å². The SMILES string of the molecule is C[C@@H](C(=O)O)N(C(=O)OCC1c2ccccc2-c2ccccc21)c1ccc(C#N)cc1. The summed E-state index contributed by atoms with van der Waals surface area (Å²) in [5.74, 6) is -1.28. The molecule has 0 aromatic heterocycles. The van der Waals surface area contributed by atoms with Crippen molar-refractivity contribution >= 4 is 17.7 Å². The predicted octanol–water partition coefficient (Wildman–Crippen LogP) is 4.79. The number of hydrogen-bond donors (Lipinski definition) is 1. The van der Waals surface area contributed by atoms with Crippen molar-refractivity contribution in [2.24, 2.45) is 0 Å². The van der Waals surface area contributed by atoms with Crippen LogP contribution in [0.3, 0.4) is 0 Å². The zero-order valence-corrected chi connectivity index (χ0v) is 16.9. The van der Waals surface area contributed by atoms with E-state index in [0.29, 0.717) is 11.3 Å². The van der Waals surface area contributed by atoms with Gasteiger partial charge in [-0.2, -0.15) is 5.26 Å². The summed E-state index contributed by atoms with van der Waals surface area (Å²) < 4.78 is 5.64. The molecule has 1 amide bonds. The van der Waals surface area contributed by atoms with Crippen molar-refractivity contribution < 1.29 is 19.4 Å². The monoisotopic (exact) mass is 412 g/mol. The Labute approximate surface area is 179 Å². The fourth-order valence-electron chi connectivity index (χ4n) is 3.96. The van der Waals surface area contributed by atoms with E-state index in [9.17, 15) is 14.7 Å². The molecule has 0 spiro atoms. The van der Waals surface area contributed by atoms with Gasteiger partial charge in [-0.1, -0.05) is 48.5 Å². The minimum Gasteiger partial charge on any atom is -0.480 e. The van der Waals surface area contributed by atoms with E-state index in [1.807, 2.05) is 54.6 Å². The van der Waals surface area contributed by atoms with E-state index in [2.05, 4.69) is 0 Å². The zero-order chi connectivity index (χ0) is 22.0. The Hall–Kier alpha value is -4.11. The molecule has 6 nitrogen and oxygen atoms in total. The van der Waals surface area contributed by atoms with Gasteiger partial charge >= 0.3 is 12.1 Å². The van der Waals surface area contributed by atoms with Crippen LogP contribution < -0.4 is 4.90 Å². The minimum atomic E-state index is -1.15. The Morgan fingerprint density at radius 3 is 2.06 bits per heavy atom. The first kappa shape index (κ1) is 20.2. The summed E-state index contributed by atoms with van der Waals surface area (Å²) in [5.41, 5.74) is 5.15. The molecule has 154 valence electrons.